The lowest BCUT2D eigenvalue weighted by atomic mass is 9.58. The van der Waals surface area contributed by atoms with Crippen molar-refractivity contribution >= 4 is 0 Å². The summed E-state index contributed by atoms with van der Waals surface area (Å²) in [7, 11) is 0. The van der Waals surface area contributed by atoms with Crippen LogP contribution in [0.15, 0.2) is 12.1 Å². The molecule has 2 aliphatic rings. The number of aryl methyl sites for hydroxylation is 1. The van der Waals surface area contributed by atoms with Gasteiger partial charge in [0.1, 0.15) is 0 Å². The molecule has 1 nitrogen and oxygen atoms in total. The molecule has 1 heterocycles. The van der Waals surface area contributed by atoms with Crippen LogP contribution in [0.2, 0.25) is 0 Å². The first-order valence-corrected chi connectivity index (χ1v) is 6.40. The van der Waals surface area contributed by atoms with E-state index in [1.54, 1.807) is 0 Å². The van der Waals surface area contributed by atoms with Crippen molar-refractivity contribution in [3.8, 4) is 0 Å². The van der Waals surface area contributed by atoms with E-state index in [0.717, 1.165) is 5.92 Å². The van der Waals surface area contributed by atoms with E-state index in [-0.39, 0.29) is 0 Å². The second-order valence-corrected chi connectivity index (χ2v) is 6.54. The van der Waals surface area contributed by atoms with Crippen LogP contribution in [0.5, 0.6) is 0 Å². The van der Waals surface area contributed by atoms with E-state index < -0.39 is 0 Å². The monoisotopic (exact) mass is 215 g/mol. The summed E-state index contributed by atoms with van der Waals surface area (Å²) in [5.41, 5.74) is 4.99. The van der Waals surface area contributed by atoms with Gasteiger partial charge in [0, 0.05) is 11.4 Å². The highest BCUT2D eigenvalue weighted by atomic mass is 14.8. The van der Waals surface area contributed by atoms with Crippen molar-refractivity contribution in [2.24, 2.45) is 10.8 Å². The van der Waals surface area contributed by atoms with Gasteiger partial charge in [-0.15, -0.1) is 0 Å². The molecule has 0 amide bonds. The van der Waals surface area contributed by atoms with Gasteiger partial charge in [0.25, 0.3) is 0 Å². The van der Waals surface area contributed by atoms with Crippen molar-refractivity contribution in [1.29, 1.82) is 0 Å². The van der Waals surface area contributed by atoms with Crippen molar-refractivity contribution in [2.45, 2.75) is 52.9 Å². The molecule has 1 heteroatoms. The molecular weight excluding hydrogens is 194 g/mol. The van der Waals surface area contributed by atoms with E-state index in [2.05, 4.69) is 39.8 Å². The van der Waals surface area contributed by atoms with Gasteiger partial charge in [0.15, 0.2) is 0 Å². The second-order valence-electron chi connectivity index (χ2n) is 6.54. The molecule has 86 valence electrons. The minimum absolute atomic E-state index is 0.441. The minimum Gasteiger partial charge on any atom is -0.258 e. The lowest BCUT2D eigenvalue weighted by Crippen LogP contribution is -2.39. The Morgan fingerprint density at radius 1 is 1.25 bits per heavy atom. The van der Waals surface area contributed by atoms with Gasteiger partial charge in [-0.05, 0) is 54.6 Å². The van der Waals surface area contributed by atoms with Crippen LogP contribution < -0.4 is 0 Å². The third-order valence-corrected chi connectivity index (χ3v) is 5.49. The highest BCUT2D eigenvalue weighted by molar-refractivity contribution is 5.36. The van der Waals surface area contributed by atoms with Crippen LogP contribution in [0.1, 0.15) is 56.5 Å². The lowest BCUT2D eigenvalue weighted by molar-refractivity contribution is 0.100. The number of hydrogen-bond acceptors (Lipinski definition) is 1. The number of nitrogens with zero attached hydrogens (tertiary/aromatic N) is 1. The fraction of sp³-hybridized carbons (Fsp3) is 0.667. The third kappa shape index (κ3) is 1.09. The fourth-order valence-electron chi connectivity index (χ4n) is 3.88. The molecular formula is C15H21N. The van der Waals surface area contributed by atoms with Crippen LogP contribution in [-0.2, 0) is 6.42 Å². The van der Waals surface area contributed by atoms with E-state index in [1.165, 1.54) is 36.2 Å². The molecule has 2 bridgehead atoms. The molecule has 0 N–H and O–H groups in total. The Balaban J connectivity index is 2.19. The van der Waals surface area contributed by atoms with Gasteiger partial charge in [-0.3, -0.25) is 4.98 Å². The Labute approximate surface area is 98.3 Å². The van der Waals surface area contributed by atoms with Crippen molar-refractivity contribution in [2.75, 3.05) is 0 Å². The highest BCUT2D eigenvalue weighted by Gasteiger charge is 2.55. The SMILES string of the molecule is Cc1ccc2c(n1)C[C@]1(C)CC[C@H]2C1(C)C. The Morgan fingerprint density at radius 3 is 2.75 bits per heavy atom. The van der Waals surface area contributed by atoms with E-state index >= 15 is 0 Å². The molecule has 2 atom stereocenters. The molecule has 1 fully saturated rings. The summed E-state index contributed by atoms with van der Waals surface area (Å²) < 4.78 is 0. The number of rotatable bonds is 0. The van der Waals surface area contributed by atoms with E-state index in [9.17, 15) is 0 Å². The van der Waals surface area contributed by atoms with E-state index in [4.69, 9.17) is 4.98 Å². The van der Waals surface area contributed by atoms with Gasteiger partial charge in [0.2, 0.25) is 0 Å². The van der Waals surface area contributed by atoms with Crippen molar-refractivity contribution in [3.63, 3.8) is 0 Å². The van der Waals surface area contributed by atoms with Crippen molar-refractivity contribution in [1.82, 2.24) is 4.98 Å². The summed E-state index contributed by atoms with van der Waals surface area (Å²) >= 11 is 0. The Kier molecular flexibility index (Phi) is 1.86. The fourth-order valence-corrected chi connectivity index (χ4v) is 3.88. The molecule has 3 rings (SSSR count). The summed E-state index contributed by atoms with van der Waals surface area (Å²) in [5, 5.41) is 0. The topological polar surface area (TPSA) is 12.9 Å². The van der Waals surface area contributed by atoms with Gasteiger partial charge >= 0.3 is 0 Å². The quantitative estimate of drug-likeness (QED) is 0.640. The van der Waals surface area contributed by atoms with Crippen LogP contribution in [0, 0.1) is 17.8 Å². The van der Waals surface area contributed by atoms with Gasteiger partial charge in [-0.2, -0.15) is 0 Å². The summed E-state index contributed by atoms with van der Waals surface area (Å²) in [6.45, 7) is 9.46. The molecule has 0 radical (unpaired) electrons. The average Bonchev–Trinajstić information content (AvgIpc) is 2.34. The first-order chi connectivity index (χ1) is 7.44. The number of fused-ring (bicyclic) bond motifs is 4. The molecule has 0 saturated heterocycles. The zero-order valence-corrected chi connectivity index (χ0v) is 10.8. The largest absolute Gasteiger partial charge is 0.258 e. The molecule has 1 aromatic rings. The Bertz CT molecular complexity index is 447. The molecule has 0 unspecified atom stereocenters. The standard InChI is InChI=1S/C15H21N/c1-10-5-6-11-12-7-8-15(4,14(12,2)3)9-13(11)16-10/h5-6,12H,7-9H2,1-4H3/t12-,15+/m1/s1. The van der Waals surface area contributed by atoms with Crippen molar-refractivity contribution < 1.29 is 0 Å². The lowest BCUT2D eigenvalue weighted by Gasteiger charge is -2.46. The van der Waals surface area contributed by atoms with Gasteiger partial charge in [0.05, 0.1) is 0 Å². The second kappa shape index (κ2) is 2.88. The molecule has 16 heavy (non-hydrogen) atoms. The number of aromatic nitrogens is 1. The Morgan fingerprint density at radius 2 is 2.00 bits per heavy atom. The Hall–Kier alpha value is -0.850. The third-order valence-electron chi connectivity index (χ3n) is 5.49. The van der Waals surface area contributed by atoms with E-state index in [0.29, 0.717) is 10.8 Å². The zero-order chi connectivity index (χ0) is 11.6. The summed E-state index contributed by atoms with van der Waals surface area (Å²) in [5.74, 6) is 0.731. The summed E-state index contributed by atoms with van der Waals surface area (Å²) in [4.78, 5) is 4.77. The molecule has 0 aromatic carbocycles. The van der Waals surface area contributed by atoms with Crippen molar-refractivity contribution in [3.05, 3.63) is 29.1 Å². The maximum atomic E-state index is 4.77. The number of pyridine rings is 1. The maximum Gasteiger partial charge on any atom is 0.0447 e. The van der Waals surface area contributed by atoms with Crippen LogP contribution in [0.25, 0.3) is 0 Å². The molecule has 2 aliphatic carbocycles. The van der Waals surface area contributed by atoms with Crippen LogP contribution in [0.4, 0.5) is 0 Å². The smallest absolute Gasteiger partial charge is 0.0447 e. The predicted octanol–water partition coefficient (Wildman–Crippen LogP) is 3.86. The molecule has 1 aromatic heterocycles. The average molecular weight is 215 g/mol. The van der Waals surface area contributed by atoms with E-state index in [1.807, 2.05) is 0 Å². The van der Waals surface area contributed by atoms with Gasteiger partial charge < -0.3 is 0 Å². The van der Waals surface area contributed by atoms with Crippen LogP contribution >= 0.6 is 0 Å². The van der Waals surface area contributed by atoms with Gasteiger partial charge in [-0.25, -0.2) is 0 Å². The zero-order valence-electron chi connectivity index (χ0n) is 10.8. The predicted molar refractivity (Wildman–Crippen MR) is 66.5 cm³/mol. The summed E-state index contributed by atoms with van der Waals surface area (Å²) in [6, 6.07) is 4.50. The highest BCUT2D eigenvalue weighted by Crippen LogP contribution is 2.64. The first kappa shape index (κ1) is 10.3. The summed E-state index contributed by atoms with van der Waals surface area (Å²) in [6.07, 6.45) is 3.88. The minimum atomic E-state index is 0.441. The first-order valence-electron chi connectivity index (χ1n) is 6.40. The molecule has 1 saturated carbocycles. The normalized spacial score (nSPS) is 34.9. The van der Waals surface area contributed by atoms with Crippen LogP contribution in [-0.4, -0.2) is 4.98 Å². The molecule has 0 aliphatic heterocycles. The van der Waals surface area contributed by atoms with Gasteiger partial charge in [-0.1, -0.05) is 26.8 Å². The number of hydrogen-bond donors (Lipinski definition) is 0. The maximum absolute atomic E-state index is 4.77. The van der Waals surface area contributed by atoms with Crippen LogP contribution in [0.3, 0.4) is 0 Å². The molecule has 0 spiro atoms.